The molecule has 0 unspecified atom stereocenters. The smallest absolute Gasteiger partial charge is 0.337 e. The Kier molecular flexibility index (Phi) is 4.39. The normalized spacial score (nSPS) is 10.0. The SMILES string of the molecule is COC(=O)c1ccc(Nc2cccc(Cl)c2[N+](=O)[O-])cc1. The van der Waals surface area contributed by atoms with Gasteiger partial charge in [0.15, 0.2) is 0 Å². The molecule has 21 heavy (non-hydrogen) atoms. The van der Waals surface area contributed by atoms with E-state index in [1.54, 1.807) is 36.4 Å². The molecular formula is C14H11ClN2O4. The summed E-state index contributed by atoms with van der Waals surface area (Å²) >= 11 is 5.83. The number of benzene rings is 2. The van der Waals surface area contributed by atoms with Crippen molar-refractivity contribution in [1.29, 1.82) is 0 Å². The Labute approximate surface area is 125 Å². The quantitative estimate of drug-likeness (QED) is 0.528. The molecule has 0 atom stereocenters. The second-order valence-electron chi connectivity index (χ2n) is 4.09. The summed E-state index contributed by atoms with van der Waals surface area (Å²) in [5, 5.41) is 14.0. The number of nitro benzene ring substituents is 1. The summed E-state index contributed by atoms with van der Waals surface area (Å²) in [6.45, 7) is 0. The summed E-state index contributed by atoms with van der Waals surface area (Å²) in [5.41, 5.74) is 1.06. The highest BCUT2D eigenvalue weighted by Gasteiger charge is 2.18. The van der Waals surface area contributed by atoms with E-state index >= 15 is 0 Å². The Morgan fingerprint density at radius 3 is 2.48 bits per heavy atom. The number of carbonyl (C=O) groups is 1. The highest BCUT2D eigenvalue weighted by atomic mass is 35.5. The maximum Gasteiger partial charge on any atom is 0.337 e. The molecule has 0 saturated heterocycles. The van der Waals surface area contributed by atoms with Crippen LogP contribution < -0.4 is 5.32 Å². The van der Waals surface area contributed by atoms with E-state index < -0.39 is 10.9 Å². The van der Waals surface area contributed by atoms with Gasteiger partial charge < -0.3 is 10.1 Å². The highest BCUT2D eigenvalue weighted by Crippen LogP contribution is 2.34. The number of anilines is 2. The molecule has 0 aromatic heterocycles. The molecular weight excluding hydrogens is 296 g/mol. The molecule has 2 aromatic carbocycles. The summed E-state index contributed by atoms with van der Waals surface area (Å²) in [4.78, 5) is 21.8. The van der Waals surface area contributed by atoms with Crippen molar-refractivity contribution in [2.24, 2.45) is 0 Å². The molecule has 0 bridgehead atoms. The van der Waals surface area contributed by atoms with Crippen LogP contribution in [0, 0.1) is 10.1 Å². The fourth-order valence-electron chi connectivity index (χ4n) is 1.76. The fourth-order valence-corrected chi connectivity index (χ4v) is 2.01. The highest BCUT2D eigenvalue weighted by molar-refractivity contribution is 6.33. The van der Waals surface area contributed by atoms with Crippen molar-refractivity contribution < 1.29 is 14.5 Å². The van der Waals surface area contributed by atoms with E-state index in [9.17, 15) is 14.9 Å². The van der Waals surface area contributed by atoms with Crippen LogP contribution in [0.2, 0.25) is 5.02 Å². The molecule has 0 aliphatic rings. The van der Waals surface area contributed by atoms with Gasteiger partial charge in [-0.3, -0.25) is 10.1 Å². The van der Waals surface area contributed by atoms with Crippen LogP contribution in [-0.4, -0.2) is 18.0 Å². The van der Waals surface area contributed by atoms with Gasteiger partial charge in [-0.2, -0.15) is 0 Å². The standard InChI is InChI=1S/C14H11ClN2O4/c1-21-14(18)9-5-7-10(8-6-9)16-12-4-2-3-11(15)13(12)17(19)20/h2-8,16H,1H3. The molecule has 0 aliphatic heterocycles. The van der Waals surface area contributed by atoms with Crippen molar-refractivity contribution in [3.05, 3.63) is 63.2 Å². The van der Waals surface area contributed by atoms with Gasteiger partial charge in [0, 0.05) is 5.69 Å². The maximum atomic E-state index is 11.3. The molecule has 2 rings (SSSR count). The predicted molar refractivity (Wildman–Crippen MR) is 79.2 cm³/mol. The predicted octanol–water partition coefficient (Wildman–Crippen LogP) is 3.78. The number of nitrogens with one attached hydrogen (secondary N) is 1. The number of ether oxygens (including phenoxy) is 1. The lowest BCUT2D eigenvalue weighted by atomic mass is 10.2. The zero-order valence-electron chi connectivity index (χ0n) is 11.0. The van der Waals surface area contributed by atoms with Crippen LogP contribution in [0.25, 0.3) is 0 Å². The van der Waals surface area contributed by atoms with Crippen molar-refractivity contribution >= 4 is 34.6 Å². The van der Waals surface area contributed by atoms with Gasteiger partial charge >= 0.3 is 11.7 Å². The average Bonchev–Trinajstić information content (AvgIpc) is 2.47. The van der Waals surface area contributed by atoms with Crippen LogP contribution in [0.15, 0.2) is 42.5 Å². The van der Waals surface area contributed by atoms with Gasteiger partial charge in [0.1, 0.15) is 10.7 Å². The molecule has 0 saturated carbocycles. The number of hydrogen-bond donors (Lipinski definition) is 1. The van der Waals surface area contributed by atoms with E-state index in [0.29, 0.717) is 11.3 Å². The summed E-state index contributed by atoms with van der Waals surface area (Å²) in [6, 6.07) is 11.0. The Morgan fingerprint density at radius 2 is 1.90 bits per heavy atom. The monoisotopic (exact) mass is 306 g/mol. The Morgan fingerprint density at radius 1 is 1.24 bits per heavy atom. The molecule has 0 spiro atoms. The van der Waals surface area contributed by atoms with Gasteiger partial charge in [-0.25, -0.2) is 4.79 Å². The van der Waals surface area contributed by atoms with Crippen LogP contribution >= 0.6 is 11.6 Å². The fraction of sp³-hybridized carbons (Fsp3) is 0.0714. The lowest BCUT2D eigenvalue weighted by Gasteiger charge is -2.08. The van der Waals surface area contributed by atoms with E-state index in [2.05, 4.69) is 10.1 Å². The van der Waals surface area contributed by atoms with Gasteiger partial charge in [-0.05, 0) is 36.4 Å². The van der Waals surface area contributed by atoms with Gasteiger partial charge in [0.05, 0.1) is 17.6 Å². The molecule has 0 heterocycles. The molecule has 108 valence electrons. The van der Waals surface area contributed by atoms with Crippen LogP contribution in [0.5, 0.6) is 0 Å². The number of hydrogen-bond acceptors (Lipinski definition) is 5. The Bertz CT molecular complexity index is 686. The van der Waals surface area contributed by atoms with Crippen LogP contribution in [0.4, 0.5) is 17.1 Å². The molecule has 0 fully saturated rings. The first-order valence-corrected chi connectivity index (χ1v) is 6.29. The zero-order valence-corrected chi connectivity index (χ0v) is 11.8. The lowest BCUT2D eigenvalue weighted by molar-refractivity contribution is -0.383. The maximum absolute atomic E-state index is 11.3. The number of methoxy groups -OCH3 is 1. The first-order chi connectivity index (χ1) is 10.0. The van der Waals surface area contributed by atoms with E-state index in [4.69, 9.17) is 11.6 Å². The second kappa shape index (κ2) is 6.23. The third kappa shape index (κ3) is 3.29. The van der Waals surface area contributed by atoms with Crippen LogP contribution in [0.3, 0.4) is 0 Å². The Hall–Kier alpha value is -2.60. The van der Waals surface area contributed by atoms with E-state index in [1.807, 2.05) is 0 Å². The van der Waals surface area contributed by atoms with Crippen molar-refractivity contribution in [3.8, 4) is 0 Å². The van der Waals surface area contributed by atoms with Crippen molar-refractivity contribution in [3.63, 3.8) is 0 Å². The van der Waals surface area contributed by atoms with E-state index in [-0.39, 0.29) is 16.4 Å². The lowest BCUT2D eigenvalue weighted by Crippen LogP contribution is -2.01. The third-order valence-electron chi connectivity index (χ3n) is 2.75. The Balaban J connectivity index is 2.29. The molecule has 6 nitrogen and oxygen atoms in total. The third-order valence-corrected chi connectivity index (χ3v) is 3.06. The summed E-state index contributed by atoms with van der Waals surface area (Å²) in [6.07, 6.45) is 0. The summed E-state index contributed by atoms with van der Waals surface area (Å²) < 4.78 is 4.59. The van der Waals surface area contributed by atoms with Gasteiger partial charge in [-0.15, -0.1) is 0 Å². The minimum absolute atomic E-state index is 0.0520. The first-order valence-electron chi connectivity index (χ1n) is 5.91. The van der Waals surface area contributed by atoms with Crippen LogP contribution in [0.1, 0.15) is 10.4 Å². The molecule has 2 aromatic rings. The van der Waals surface area contributed by atoms with Gasteiger partial charge in [-0.1, -0.05) is 17.7 Å². The molecule has 7 heteroatoms. The number of nitrogens with zero attached hydrogens (tertiary/aromatic N) is 1. The number of halogens is 1. The van der Waals surface area contributed by atoms with Gasteiger partial charge in [0.25, 0.3) is 0 Å². The van der Waals surface area contributed by atoms with Crippen LogP contribution in [-0.2, 0) is 4.74 Å². The molecule has 0 aliphatic carbocycles. The molecule has 1 N–H and O–H groups in total. The minimum Gasteiger partial charge on any atom is -0.465 e. The number of nitro groups is 1. The van der Waals surface area contributed by atoms with Crippen molar-refractivity contribution in [2.75, 3.05) is 12.4 Å². The second-order valence-corrected chi connectivity index (χ2v) is 4.49. The summed E-state index contributed by atoms with van der Waals surface area (Å²) in [7, 11) is 1.30. The van der Waals surface area contributed by atoms with Crippen molar-refractivity contribution in [2.45, 2.75) is 0 Å². The number of carbonyl (C=O) groups excluding carboxylic acids is 1. The number of rotatable bonds is 4. The minimum atomic E-state index is -0.548. The first kappa shape index (κ1) is 14.8. The van der Waals surface area contributed by atoms with Crippen molar-refractivity contribution in [1.82, 2.24) is 0 Å². The zero-order chi connectivity index (χ0) is 15.4. The topological polar surface area (TPSA) is 81.5 Å². The molecule has 0 radical (unpaired) electrons. The van der Waals surface area contributed by atoms with E-state index in [1.165, 1.54) is 13.2 Å². The van der Waals surface area contributed by atoms with E-state index in [0.717, 1.165) is 0 Å². The number of esters is 1. The van der Waals surface area contributed by atoms with Gasteiger partial charge in [0.2, 0.25) is 0 Å². The summed E-state index contributed by atoms with van der Waals surface area (Å²) in [5.74, 6) is -0.449. The number of para-hydroxylation sites is 1. The largest absolute Gasteiger partial charge is 0.465 e. The molecule has 0 amide bonds. The average molecular weight is 307 g/mol.